The Morgan fingerprint density at radius 3 is 2.60 bits per heavy atom. The maximum absolute atomic E-state index is 13.7. The van der Waals surface area contributed by atoms with Crippen LogP contribution in [0.15, 0.2) is 84.4 Å². The average molecular weight is 598 g/mol. The Morgan fingerprint density at radius 1 is 0.977 bits per heavy atom. The van der Waals surface area contributed by atoms with Crippen LogP contribution in [0.2, 0.25) is 0 Å². The number of aromatic nitrogens is 2. The van der Waals surface area contributed by atoms with Gasteiger partial charge in [0, 0.05) is 55.7 Å². The maximum Gasteiger partial charge on any atom is 1.00 e. The number of halogens is 1. The molecule has 3 N–H and O–H groups in total. The maximum atomic E-state index is 13.7. The fourth-order valence-electron chi connectivity index (χ4n) is 5.66. The van der Waals surface area contributed by atoms with Gasteiger partial charge in [0.05, 0.1) is 17.1 Å². The zero-order chi connectivity index (χ0) is 28.9. The summed E-state index contributed by atoms with van der Waals surface area (Å²) in [4.78, 5) is 37.0. The van der Waals surface area contributed by atoms with Crippen LogP contribution in [0.1, 0.15) is 61.7 Å². The second kappa shape index (κ2) is 13.8. The molecule has 6 rings (SSSR count). The highest BCUT2D eigenvalue weighted by Gasteiger charge is 2.32. The van der Waals surface area contributed by atoms with Crippen molar-refractivity contribution in [1.29, 1.82) is 0 Å². The first kappa shape index (κ1) is 30.1. The number of rotatable bonds is 9. The number of urea groups is 1. The summed E-state index contributed by atoms with van der Waals surface area (Å²) in [7, 11) is 0. The van der Waals surface area contributed by atoms with Crippen LogP contribution >= 0.6 is 0 Å². The lowest BCUT2D eigenvalue weighted by Crippen LogP contribution is -3.00. The van der Waals surface area contributed by atoms with Gasteiger partial charge in [-0.25, -0.2) is 9.80 Å². The zero-order valence-electron chi connectivity index (χ0n) is 25.0. The summed E-state index contributed by atoms with van der Waals surface area (Å²) < 4.78 is 0. The second-order valence-electron chi connectivity index (χ2n) is 10.9. The second-order valence-corrected chi connectivity index (χ2v) is 10.9. The highest BCUT2D eigenvalue weighted by atomic mass is 35.5. The van der Waals surface area contributed by atoms with E-state index < -0.39 is 0 Å². The quantitative estimate of drug-likeness (QED) is 0.288. The van der Waals surface area contributed by atoms with E-state index in [-0.39, 0.29) is 31.7 Å². The molecule has 1 unspecified atom stereocenters. The zero-order valence-corrected chi connectivity index (χ0v) is 24.7. The fourth-order valence-corrected chi connectivity index (χ4v) is 5.66. The molecule has 4 heterocycles. The summed E-state index contributed by atoms with van der Waals surface area (Å²) in [5.74, 6) is -0.336. The lowest BCUT2D eigenvalue weighted by atomic mass is 9.88. The van der Waals surface area contributed by atoms with Crippen molar-refractivity contribution in [3.63, 3.8) is 0 Å². The number of nitrogens with zero attached hydrogens (tertiary/aromatic N) is 5. The van der Waals surface area contributed by atoms with Crippen molar-refractivity contribution in [2.75, 3.05) is 18.4 Å². The van der Waals surface area contributed by atoms with Gasteiger partial charge in [-0.3, -0.25) is 14.8 Å². The van der Waals surface area contributed by atoms with Crippen LogP contribution in [0.5, 0.6) is 0 Å². The number of carbonyl (C=O) groups is 2. The van der Waals surface area contributed by atoms with E-state index in [2.05, 4.69) is 15.3 Å². The number of nitrogens with two attached hydrogens (primary N) is 1. The number of hydrazone groups is 1. The largest absolute Gasteiger partial charge is 1.00 e. The van der Waals surface area contributed by atoms with Crippen molar-refractivity contribution < 1.29 is 23.4 Å². The monoisotopic (exact) mass is 597 g/mol. The summed E-state index contributed by atoms with van der Waals surface area (Å²) in [6, 6.07) is 19.5. The number of unbranched alkanes of at least 4 members (excludes halogenated alkanes) is 3. The van der Waals surface area contributed by atoms with Crippen LogP contribution in [0, 0.1) is 0 Å². The van der Waals surface area contributed by atoms with E-state index in [1.807, 2.05) is 66.9 Å². The Kier molecular flexibility index (Phi) is 9.64. The lowest BCUT2D eigenvalue weighted by Gasteiger charge is -2.30. The van der Waals surface area contributed by atoms with Gasteiger partial charge in [-0.15, -0.1) is 0 Å². The molecule has 0 bridgehead atoms. The number of anilines is 1. The molecule has 222 valence electrons. The Labute approximate surface area is 259 Å². The summed E-state index contributed by atoms with van der Waals surface area (Å²) in [5, 5.41) is 10.5. The van der Waals surface area contributed by atoms with Gasteiger partial charge in [-0.05, 0) is 72.0 Å². The molecule has 2 aromatic heterocycles. The molecule has 0 spiro atoms. The summed E-state index contributed by atoms with van der Waals surface area (Å²) in [5.41, 5.74) is 12.2. The molecule has 2 aromatic carbocycles. The van der Waals surface area contributed by atoms with E-state index in [0.717, 1.165) is 64.6 Å². The van der Waals surface area contributed by atoms with Gasteiger partial charge in [0.15, 0.2) is 0 Å². The summed E-state index contributed by atoms with van der Waals surface area (Å²) in [6.07, 6.45) is 9.74. The molecule has 2 aliphatic heterocycles. The predicted octanol–water partition coefficient (Wildman–Crippen LogP) is 2.53. The van der Waals surface area contributed by atoms with Crippen molar-refractivity contribution in [2.45, 2.75) is 51.1 Å². The molecule has 2 aliphatic rings. The van der Waals surface area contributed by atoms with Crippen LogP contribution in [-0.4, -0.2) is 50.6 Å². The molecule has 0 saturated heterocycles. The standard InChI is InChI=1S/C33H35N7O2.ClH/c34-14-3-1-2-4-17-40-32(41)29(25-8-7-23-6-5-15-36-30(23)18-25)19-31(38-40)24-9-11-28(12-10-24)37-33(42)39-21-26-13-16-35-20-27(26)22-39;/h5-13,15-16,18,20,29H,1-4,14,17,19,21-22,34H2,(H,37,42);1H. The molecule has 3 amide bonds. The topological polar surface area (TPSA) is 117 Å². The predicted molar refractivity (Wildman–Crippen MR) is 165 cm³/mol. The molecule has 43 heavy (non-hydrogen) atoms. The van der Waals surface area contributed by atoms with E-state index in [0.29, 0.717) is 38.3 Å². The van der Waals surface area contributed by atoms with Crippen molar-refractivity contribution in [3.05, 3.63) is 102 Å². The smallest absolute Gasteiger partial charge is 1.00 e. The van der Waals surface area contributed by atoms with E-state index in [9.17, 15) is 9.59 Å². The Balaban J connectivity index is 0.00000221. The number of benzene rings is 2. The molecule has 4 aromatic rings. The first-order valence-electron chi connectivity index (χ1n) is 14.6. The number of amides is 3. The SMILES string of the molecule is NCCCCCCN1N=C(c2ccc(NC(=O)N3Cc4ccncc4C3)cc2)CC(c2ccc3cccnc3c2)C1=O.[Cl-].[H+]. The molecule has 10 heteroatoms. The summed E-state index contributed by atoms with van der Waals surface area (Å²) >= 11 is 0. The highest BCUT2D eigenvalue weighted by Crippen LogP contribution is 2.31. The number of hydrogen-bond acceptors (Lipinski definition) is 6. The van der Waals surface area contributed by atoms with Crippen LogP contribution in [-0.2, 0) is 17.9 Å². The van der Waals surface area contributed by atoms with Crippen LogP contribution in [0.3, 0.4) is 0 Å². The minimum Gasteiger partial charge on any atom is -1.00 e. The minimum absolute atomic E-state index is 0. The first-order valence-corrected chi connectivity index (χ1v) is 14.6. The third kappa shape index (κ3) is 6.84. The van der Waals surface area contributed by atoms with Gasteiger partial charge in [0.2, 0.25) is 0 Å². The van der Waals surface area contributed by atoms with Gasteiger partial charge in [-0.2, -0.15) is 5.10 Å². The van der Waals surface area contributed by atoms with E-state index >= 15 is 0 Å². The molecule has 0 aliphatic carbocycles. The van der Waals surface area contributed by atoms with E-state index in [4.69, 9.17) is 10.8 Å². The van der Waals surface area contributed by atoms with Crippen LogP contribution in [0.4, 0.5) is 10.5 Å². The Bertz CT molecular complexity index is 1610. The van der Waals surface area contributed by atoms with Crippen molar-refractivity contribution >= 4 is 34.2 Å². The third-order valence-corrected chi connectivity index (χ3v) is 8.03. The number of hydrogen-bond donors (Lipinski definition) is 2. The van der Waals surface area contributed by atoms with E-state index in [1.54, 1.807) is 22.3 Å². The normalized spacial score (nSPS) is 16.1. The van der Waals surface area contributed by atoms with Gasteiger partial charge in [0.25, 0.3) is 5.91 Å². The van der Waals surface area contributed by atoms with Gasteiger partial charge < -0.3 is 28.4 Å². The molecular formula is C33H36ClN7O2. The minimum atomic E-state index is -0.349. The number of pyridine rings is 2. The molecule has 9 nitrogen and oxygen atoms in total. The fraction of sp³-hybridized carbons (Fsp3) is 0.303. The van der Waals surface area contributed by atoms with Crippen molar-refractivity contribution in [3.8, 4) is 0 Å². The van der Waals surface area contributed by atoms with Crippen molar-refractivity contribution in [2.24, 2.45) is 10.8 Å². The molecule has 0 radical (unpaired) electrons. The highest BCUT2D eigenvalue weighted by molar-refractivity contribution is 6.06. The Hall–Kier alpha value is -4.34. The van der Waals surface area contributed by atoms with Gasteiger partial charge >= 0.3 is 7.46 Å². The van der Waals surface area contributed by atoms with Crippen LogP contribution in [0.25, 0.3) is 10.9 Å². The first-order chi connectivity index (χ1) is 20.6. The molecular weight excluding hydrogens is 562 g/mol. The van der Waals surface area contributed by atoms with Crippen molar-refractivity contribution in [1.82, 2.24) is 19.9 Å². The Morgan fingerprint density at radius 2 is 1.79 bits per heavy atom. The van der Waals surface area contributed by atoms with Gasteiger partial charge in [0.1, 0.15) is 0 Å². The number of fused-ring (bicyclic) bond motifs is 2. The van der Waals surface area contributed by atoms with Gasteiger partial charge in [-0.1, -0.05) is 43.2 Å². The number of carbonyl (C=O) groups excluding carboxylic acids is 2. The molecule has 0 fully saturated rings. The number of nitrogens with one attached hydrogen (secondary N) is 1. The van der Waals surface area contributed by atoms with E-state index in [1.165, 1.54) is 0 Å². The molecule has 0 saturated carbocycles. The lowest BCUT2D eigenvalue weighted by molar-refractivity contribution is -0.133. The summed E-state index contributed by atoms with van der Waals surface area (Å²) in [6.45, 7) is 2.37. The average Bonchev–Trinajstić information content (AvgIpc) is 3.47. The third-order valence-electron chi connectivity index (χ3n) is 8.03. The van der Waals surface area contributed by atoms with Crippen LogP contribution < -0.4 is 23.5 Å². The molecule has 1 atom stereocenters.